The number of hydrogen-bond donors (Lipinski definition) is 1. The molecule has 0 bridgehead atoms. The van der Waals surface area contributed by atoms with E-state index in [1.54, 1.807) is 6.92 Å². The van der Waals surface area contributed by atoms with Crippen LogP contribution in [0.2, 0.25) is 0 Å². The molecule has 31 heavy (non-hydrogen) atoms. The largest absolute Gasteiger partial charge is 0.390 e. The van der Waals surface area contributed by atoms with Crippen LogP contribution in [0.4, 0.5) is 33.6 Å². The third-order valence-corrected chi connectivity index (χ3v) is 4.24. The van der Waals surface area contributed by atoms with Crippen molar-refractivity contribution in [3.05, 3.63) is 68.8 Å². The van der Waals surface area contributed by atoms with Gasteiger partial charge in [-0.15, -0.1) is 0 Å². The molecule has 0 radical (unpaired) electrons. The van der Waals surface area contributed by atoms with E-state index in [-0.39, 0.29) is 24.6 Å². The maximum absolute atomic E-state index is 13.8. The van der Waals surface area contributed by atoms with Crippen LogP contribution in [0.15, 0.2) is 18.3 Å². The lowest BCUT2D eigenvalue weighted by Crippen LogP contribution is -2.16. The number of anilines is 1. The first-order valence-corrected chi connectivity index (χ1v) is 8.61. The van der Waals surface area contributed by atoms with Gasteiger partial charge < -0.3 is 15.4 Å². The van der Waals surface area contributed by atoms with Crippen LogP contribution >= 0.6 is 0 Å². The third-order valence-electron chi connectivity index (χ3n) is 4.24. The Morgan fingerprint density at radius 1 is 1.10 bits per heavy atom. The van der Waals surface area contributed by atoms with Crippen molar-refractivity contribution < 1.29 is 31.7 Å². The second-order valence-corrected chi connectivity index (χ2v) is 6.37. The van der Waals surface area contributed by atoms with Gasteiger partial charge in [0.2, 0.25) is 11.7 Å². The minimum atomic E-state index is -2.26. The number of amides is 1. The molecule has 3 aromatic rings. The first kappa shape index (κ1) is 21.9. The molecule has 0 spiro atoms. The molecular weight excluding hydrogens is 431 g/mol. The molecule has 14 heteroatoms. The number of hydrogen-bond acceptors (Lipinski definition) is 5. The van der Waals surface area contributed by atoms with Gasteiger partial charge in [0.1, 0.15) is 0 Å². The lowest BCUT2D eigenvalue weighted by Gasteiger charge is -2.08. The van der Waals surface area contributed by atoms with Gasteiger partial charge >= 0.3 is 5.82 Å². The van der Waals surface area contributed by atoms with Gasteiger partial charge in [0.05, 0.1) is 35.5 Å². The van der Waals surface area contributed by atoms with E-state index in [1.807, 2.05) is 0 Å². The Hall–Kier alpha value is -3.84. The van der Waals surface area contributed by atoms with Crippen molar-refractivity contribution in [3.63, 3.8) is 0 Å². The second-order valence-electron chi connectivity index (χ2n) is 6.37. The Kier molecular flexibility index (Phi) is 5.99. The van der Waals surface area contributed by atoms with E-state index in [1.165, 1.54) is 23.0 Å². The van der Waals surface area contributed by atoms with Crippen LogP contribution in [0.1, 0.15) is 17.7 Å². The van der Waals surface area contributed by atoms with Gasteiger partial charge in [0, 0.05) is 18.7 Å². The van der Waals surface area contributed by atoms with Crippen molar-refractivity contribution in [1.82, 2.24) is 19.6 Å². The quantitative estimate of drug-likeness (QED) is 0.198. The van der Waals surface area contributed by atoms with Gasteiger partial charge in [-0.25, -0.2) is 22.0 Å². The topological polar surface area (TPSA) is 108 Å². The number of benzene rings is 1. The number of aryl methyl sites for hydroxylation is 2. The minimum absolute atomic E-state index is 0.0305. The van der Waals surface area contributed by atoms with Crippen LogP contribution in [-0.4, -0.2) is 30.4 Å². The van der Waals surface area contributed by atoms with Crippen molar-refractivity contribution >= 4 is 17.5 Å². The van der Waals surface area contributed by atoms with Gasteiger partial charge in [-0.1, -0.05) is 0 Å². The van der Waals surface area contributed by atoms with Crippen LogP contribution in [-0.2, 0) is 17.9 Å². The highest BCUT2D eigenvalue weighted by molar-refractivity contribution is 5.89. The fraction of sp³-hybridized carbons (Fsp3) is 0.235. The minimum Gasteiger partial charge on any atom is -0.358 e. The lowest BCUT2D eigenvalue weighted by atomic mass is 10.1. The van der Waals surface area contributed by atoms with Gasteiger partial charge in [-0.2, -0.15) is 9.78 Å². The molecule has 2 aromatic heterocycles. The molecule has 2 heterocycles. The molecule has 3 rings (SSSR count). The zero-order valence-corrected chi connectivity index (χ0v) is 15.7. The Morgan fingerprint density at radius 2 is 1.71 bits per heavy atom. The smallest absolute Gasteiger partial charge is 0.358 e. The number of nitrogens with zero attached hydrogens (tertiary/aromatic N) is 5. The molecule has 0 fully saturated rings. The Morgan fingerprint density at radius 3 is 2.29 bits per heavy atom. The predicted octanol–water partition coefficient (Wildman–Crippen LogP) is 3.07. The maximum Gasteiger partial charge on any atom is 0.390 e. The summed E-state index contributed by atoms with van der Waals surface area (Å²) in [4.78, 5) is 22.1. The van der Waals surface area contributed by atoms with Gasteiger partial charge in [-0.3, -0.25) is 9.48 Å². The number of carbonyl (C=O) groups excluding carboxylic acids is 1. The lowest BCUT2D eigenvalue weighted by molar-refractivity contribution is -0.389. The third kappa shape index (κ3) is 4.51. The number of nitro groups is 1. The van der Waals surface area contributed by atoms with E-state index in [9.17, 15) is 36.9 Å². The molecule has 0 saturated heterocycles. The van der Waals surface area contributed by atoms with Gasteiger partial charge in [0.25, 0.3) is 0 Å². The SMILES string of the molecule is Cc1cc([N+](=O)[O-])nn1CCC(=O)Nc1ccn(Cc2c(F)c(F)c(F)c(F)c2F)n1. The maximum atomic E-state index is 13.8. The number of carbonyl (C=O) groups is 1. The highest BCUT2D eigenvalue weighted by atomic mass is 19.2. The van der Waals surface area contributed by atoms with Gasteiger partial charge in [0.15, 0.2) is 29.1 Å². The van der Waals surface area contributed by atoms with Crippen LogP contribution in [0, 0.1) is 46.1 Å². The Bertz CT molecular complexity index is 1150. The van der Waals surface area contributed by atoms with Crippen LogP contribution in [0.3, 0.4) is 0 Å². The molecule has 1 aromatic carbocycles. The average Bonchev–Trinajstić information content (AvgIpc) is 3.32. The predicted molar refractivity (Wildman–Crippen MR) is 94.4 cm³/mol. The summed E-state index contributed by atoms with van der Waals surface area (Å²) in [7, 11) is 0. The molecule has 0 unspecified atom stereocenters. The fourth-order valence-corrected chi connectivity index (χ4v) is 2.69. The molecule has 9 nitrogen and oxygen atoms in total. The summed E-state index contributed by atoms with van der Waals surface area (Å²) < 4.78 is 69.4. The molecule has 0 aliphatic heterocycles. The molecular formula is C17H13F5N6O3. The Balaban J connectivity index is 1.64. The zero-order valence-electron chi connectivity index (χ0n) is 15.7. The van der Waals surface area contributed by atoms with E-state index in [2.05, 4.69) is 15.5 Å². The standard InChI is InChI=1S/C17H13F5N6O3/c1-8-6-11(28(30)31)25-27(8)5-3-12(29)23-10-2-4-26(24-10)7-9-13(18)15(20)17(22)16(21)14(9)19/h2,4,6H,3,5,7H2,1H3,(H,23,24,29). The Labute approximate surface area is 170 Å². The van der Waals surface area contributed by atoms with Crippen LogP contribution < -0.4 is 5.32 Å². The second kappa shape index (κ2) is 8.49. The molecule has 0 atom stereocenters. The first-order chi connectivity index (χ1) is 14.6. The summed E-state index contributed by atoms with van der Waals surface area (Å²) in [5.41, 5.74) is -0.597. The van der Waals surface area contributed by atoms with Crippen molar-refractivity contribution in [2.45, 2.75) is 26.4 Å². The molecule has 0 aliphatic carbocycles. The molecule has 164 valence electrons. The number of aromatic nitrogens is 4. The summed E-state index contributed by atoms with van der Waals surface area (Å²) in [6.45, 7) is 0.855. The van der Waals surface area contributed by atoms with Crippen LogP contribution in [0.25, 0.3) is 0 Å². The number of halogens is 5. The van der Waals surface area contributed by atoms with E-state index in [0.29, 0.717) is 5.69 Å². The molecule has 1 amide bonds. The zero-order chi connectivity index (χ0) is 22.9. The average molecular weight is 444 g/mol. The normalized spacial score (nSPS) is 11.0. The van der Waals surface area contributed by atoms with Gasteiger partial charge in [-0.05, 0) is 11.8 Å². The summed E-state index contributed by atoms with van der Waals surface area (Å²) in [6.07, 6.45) is 1.05. The first-order valence-electron chi connectivity index (χ1n) is 8.61. The summed E-state index contributed by atoms with van der Waals surface area (Å²) in [5.74, 6) is -11.3. The number of rotatable bonds is 7. The van der Waals surface area contributed by atoms with E-state index in [0.717, 1.165) is 4.68 Å². The van der Waals surface area contributed by atoms with Crippen molar-refractivity contribution in [2.75, 3.05) is 5.32 Å². The van der Waals surface area contributed by atoms with Crippen LogP contribution in [0.5, 0.6) is 0 Å². The van der Waals surface area contributed by atoms with Crippen molar-refractivity contribution in [2.24, 2.45) is 0 Å². The summed E-state index contributed by atoms with van der Waals surface area (Å²) in [6, 6.07) is 2.51. The monoisotopic (exact) mass is 444 g/mol. The summed E-state index contributed by atoms with van der Waals surface area (Å²) in [5, 5.41) is 20.6. The van der Waals surface area contributed by atoms with Crippen molar-refractivity contribution in [3.8, 4) is 0 Å². The highest BCUT2D eigenvalue weighted by Gasteiger charge is 2.26. The van der Waals surface area contributed by atoms with E-state index in [4.69, 9.17) is 0 Å². The van der Waals surface area contributed by atoms with E-state index >= 15 is 0 Å². The highest BCUT2D eigenvalue weighted by Crippen LogP contribution is 2.24. The summed E-state index contributed by atoms with van der Waals surface area (Å²) >= 11 is 0. The van der Waals surface area contributed by atoms with E-state index < -0.39 is 52.0 Å². The fourth-order valence-electron chi connectivity index (χ4n) is 2.69. The molecule has 1 N–H and O–H groups in total. The molecule has 0 saturated carbocycles. The molecule has 0 aliphatic rings. The van der Waals surface area contributed by atoms with Crippen molar-refractivity contribution in [1.29, 1.82) is 0 Å². The number of nitrogens with one attached hydrogen (secondary N) is 1.